The summed E-state index contributed by atoms with van der Waals surface area (Å²) in [6.45, 7) is 12.7. The Morgan fingerprint density at radius 2 is 1.80 bits per heavy atom. The molecule has 0 radical (unpaired) electrons. The SMILES string of the molecule is CC(=O)[C@H](Cc1c[nH]c2ccccc12)N1CCN(C(=O)[C@@H]2CN(C(C)(C)C)C[C@H]2c2ccc(F)cc2F)[C@@H](C)C1. The van der Waals surface area contributed by atoms with Gasteiger partial charge in [0.15, 0.2) is 0 Å². The third kappa shape index (κ3) is 5.56. The van der Waals surface area contributed by atoms with E-state index in [4.69, 9.17) is 0 Å². The maximum Gasteiger partial charge on any atom is 0.227 e. The number of rotatable bonds is 6. The fraction of sp³-hybridized carbons (Fsp3) is 0.500. The number of carbonyl (C=O) groups excluding carboxylic acids is 2. The number of para-hydroxylation sites is 1. The topological polar surface area (TPSA) is 59.7 Å². The third-order valence-corrected chi connectivity index (χ3v) is 8.89. The Morgan fingerprint density at radius 3 is 2.48 bits per heavy atom. The van der Waals surface area contributed by atoms with Crippen LogP contribution in [0.3, 0.4) is 0 Å². The number of aromatic nitrogens is 1. The van der Waals surface area contributed by atoms with Crippen LogP contribution in [-0.4, -0.2) is 81.7 Å². The number of benzene rings is 2. The first-order valence-electron chi connectivity index (χ1n) is 14.2. The molecule has 3 heterocycles. The highest BCUT2D eigenvalue weighted by atomic mass is 19.1. The molecule has 4 atom stereocenters. The number of piperazine rings is 1. The summed E-state index contributed by atoms with van der Waals surface area (Å²) in [5, 5.41) is 1.12. The average molecular weight is 551 g/mol. The molecular formula is C32H40F2N4O2. The summed E-state index contributed by atoms with van der Waals surface area (Å²) in [4.78, 5) is 36.5. The number of ketones is 1. The van der Waals surface area contributed by atoms with E-state index < -0.39 is 17.6 Å². The largest absolute Gasteiger partial charge is 0.361 e. The number of halogens is 2. The fourth-order valence-electron chi connectivity index (χ4n) is 6.57. The van der Waals surface area contributed by atoms with Crippen molar-refractivity contribution >= 4 is 22.6 Å². The van der Waals surface area contributed by atoms with Crippen molar-refractivity contribution in [1.82, 2.24) is 19.7 Å². The number of fused-ring (bicyclic) bond motifs is 1. The van der Waals surface area contributed by atoms with Crippen LogP contribution in [0.1, 0.15) is 51.7 Å². The first-order chi connectivity index (χ1) is 18.9. The van der Waals surface area contributed by atoms with E-state index >= 15 is 0 Å². The Hall–Kier alpha value is -3.10. The normalized spacial score (nSPS) is 23.6. The zero-order chi connectivity index (χ0) is 28.8. The van der Waals surface area contributed by atoms with Gasteiger partial charge in [0.25, 0.3) is 0 Å². The van der Waals surface area contributed by atoms with Gasteiger partial charge in [-0.15, -0.1) is 0 Å². The molecule has 2 aliphatic heterocycles. The molecule has 0 spiro atoms. The van der Waals surface area contributed by atoms with Crippen LogP contribution in [0.5, 0.6) is 0 Å². The van der Waals surface area contributed by atoms with Crippen molar-refractivity contribution in [1.29, 1.82) is 0 Å². The van der Waals surface area contributed by atoms with Gasteiger partial charge in [-0.25, -0.2) is 8.78 Å². The highest BCUT2D eigenvalue weighted by Gasteiger charge is 2.46. The predicted molar refractivity (Wildman–Crippen MR) is 153 cm³/mol. The van der Waals surface area contributed by atoms with E-state index in [2.05, 4.69) is 41.6 Å². The molecule has 0 saturated carbocycles. The highest BCUT2D eigenvalue weighted by Crippen LogP contribution is 2.39. The van der Waals surface area contributed by atoms with Crippen LogP contribution in [0.15, 0.2) is 48.7 Å². The van der Waals surface area contributed by atoms with Crippen LogP contribution in [0, 0.1) is 17.6 Å². The Kier molecular flexibility index (Phi) is 7.86. The lowest BCUT2D eigenvalue weighted by Gasteiger charge is -2.44. The summed E-state index contributed by atoms with van der Waals surface area (Å²) >= 11 is 0. The van der Waals surface area contributed by atoms with Crippen molar-refractivity contribution in [3.63, 3.8) is 0 Å². The smallest absolute Gasteiger partial charge is 0.227 e. The molecule has 8 heteroatoms. The summed E-state index contributed by atoms with van der Waals surface area (Å²) < 4.78 is 28.6. The number of nitrogens with one attached hydrogen (secondary N) is 1. The Morgan fingerprint density at radius 1 is 1.05 bits per heavy atom. The summed E-state index contributed by atoms with van der Waals surface area (Å²) in [6.07, 6.45) is 2.59. The lowest BCUT2D eigenvalue weighted by Crippen LogP contribution is -2.59. The predicted octanol–water partition coefficient (Wildman–Crippen LogP) is 4.99. The number of likely N-dealkylation sites (tertiary alicyclic amines) is 1. The lowest BCUT2D eigenvalue weighted by molar-refractivity contribution is -0.141. The standard InChI is InChI=1S/C32H40F2N4O2/c1-20-17-36(30(21(2)39)14-22-16-35-29-9-7-6-8-24(22)29)12-13-38(20)31(40)27-19-37(32(3,4)5)18-26(27)25-11-10-23(33)15-28(25)34/h6-11,15-16,20,26-27,30,35H,12-14,17-19H2,1-5H3/t20-,26-,27+,30-/m0/s1. The maximum atomic E-state index is 14.9. The van der Waals surface area contributed by atoms with Crippen molar-refractivity contribution in [3.8, 4) is 0 Å². The van der Waals surface area contributed by atoms with Gasteiger partial charge >= 0.3 is 0 Å². The minimum Gasteiger partial charge on any atom is -0.361 e. The highest BCUT2D eigenvalue weighted by molar-refractivity contribution is 5.86. The number of nitrogens with zero attached hydrogens (tertiary/aromatic N) is 3. The molecule has 5 rings (SSSR count). The lowest BCUT2D eigenvalue weighted by atomic mass is 9.87. The number of hydrogen-bond acceptors (Lipinski definition) is 4. The first-order valence-corrected chi connectivity index (χ1v) is 14.2. The number of aromatic amines is 1. The number of Topliss-reactive ketones (excluding diaryl/α,β-unsaturated/α-hetero) is 1. The Balaban J connectivity index is 1.33. The number of hydrogen-bond donors (Lipinski definition) is 1. The second-order valence-electron chi connectivity index (χ2n) is 12.5. The van der Waals surface area contributed by atoms with Crippen LogP contribution in [0.25, 0.3) is 10.9 Å². The van der Waals surface area contributed by atoms with E-state index in [0.717, 1.165) is 22.5 Å². The summed E-state index contributed by atoms with van der Waals surface area (Å²) in [5.74, 6) is -1.89. The minimum absolute atomic E-state index is 0.00336. The van der Waals surface area contributed by atoms with Crippen molar-refractivity contribution in [3.05, 3.63) is 71.4 Å². The van der Waals surface area contributed by atoms with Crippen LogP contribution in [0.2, 0.25) is 0 Å². The van der Waals surface area contributed by atoms with Gasteiger partial charge in [-0.05, 0) is 64.3 Å². The number of amides is 1. The second kappa shape index (κ2) is 11.1. The molecule has 2 saturated heterocycles. The zero-order valence-corrected chi connectivity index (χ0v) is 24.1. The van der Waals surface area contributed by atoms with Crippen molar-refractivity contribution in [2.75, 3.05) is 32.7 Å². The molecule has 0 aliphatic carbocycles. The van der Waals surface area contributed by atoms with E-state index in [1.807, 2.05) is 36.2 Å². The molecule has 2 fully saturated rings. The van der Waals surface area contributed by atoms with Crippen LogP contribution >= 0.6 is 0 Å². The van der Waals surface area contributed by atoms with E-state index in [1.165, 1.54) is 12.1 Å². The van der Waals surface area contributed by atoms with Gasteiger partial charge in [-0.3, -0.25) is 19.4 Å². The molecule has 2 aromatic carbocycles. The van der Waals surface area contributed by atoms with E-state index in [1.54, 1.807) is 6.92 Å². The number of H-pyrrole nitrogens is 1. The van der Waals surface area contributed by atoms with Crippen LogP contribution < -0.4 is 0 Å². The van der Waals surface area contributed by atoms with Gasteiger partial charge in [0, 0.05) is 73.4 Å². The average Bonchev–Trinajstić information content (AvgIpc) is 3.52. The Labute approximate surface area is 235 Å². The molecule has 40 heavy (non-hydrogen) atoms. The second-order valence-corrected chi connectivity index (χ2v) is 12.5. The Bertz CT molecular complexity index is 1400. The van der Waals surface area contributed by atoms with Crippen LogP contribution in [-0.2, 0) is 16.0 Å². The molecule has 214 valence electrons. The third-order valence-electron chi connectivity index (χ3n) is 8.89. The molecule has 1 aromatic heterocycles. The number of carbonyl (C=O) groups is 2. The first kappa shape index (κ1) is 28.4. The molecule has 1 amide bonds. The molecular weight excluding hydrogens is 510 g/mol. The van der Waals surface area contributed by atoms with E-state index in [0.29, 0.717) is 44.7 Å². The molecule has 2 aliphatic rings. The quantitative estimate of drug-likeness (QED) is 0.470. The van der Waals surface area contributed by atoms with E-state index in [9.17, 15) is 18.4 Å². The fourth-order valence-corrected chi connectivity index (χ4v) is 6.57. The summed E-state index contributed by atoms with van der Waals surface area (Å²) in [5.41, 5.74) is 2.37. The van der Waals surface area contributed by atoms with Crippen molar-refractivity contribution < 1.29 is 18.4 Å². The molecule has 1 N–H and O–H groups in total. The molecule has 0 unspecified atom stereocenters. The van der Waals surface area contributed by atoms with Gasteiger partial charge in [0.2, 0.25) is 5.91 Å². The zero-order valence-electron chi connectivity index (χ0n) is 24.1. The molecule has 3 aromatic rings. The minimum atomic E-state index is -0.618. The van der Waals surface area contributed by atoms with Gasteiger partial charge < -0.3 is 9.88 Å². The maximum absolute atomic E-state index is 14.9. The summed E-state index contributed by atoms with van der Waals surface area (Å²) in [7, 11) is 0. The van der Waals surface area contributed by atoms with Crippen molar-refractivity contribution in [2.24, 2.45) is 5.92 Å². The van der Waals surface area contributed by atoms with Crippen LogP contribution in [0.4, 0.5) is 8.78 Å². The van der Waals surface area contributed by atoms with Gasteiger partial charge in [0.1, 0.15) is 17.4 Å². The van der Waals surface area contributed by atoms with Gasteiger partial charge in [-0.2, -0.15) is 0 Å². The van der Waals surface area contributed by atoms with Gasteiger partial charge in [0.05, 0.1) is 12.0 Å². The molecule has 0 bridgehead atoms. The van der Waals surface area contributed by atoms with E-state index in [-0.39, 0.29) is 35.2 Å². The van der Waals surface area contributed by atoms with Crippen molar-refractivity contribution in [2.45, 2.75) is 64.6 Å². The van der Waals surface area contributed by atoms with Gasteiger partial charge in [-0.1, -0.05) is 24.3 Å². The summed E-state index contributed by atoms with van der Waals surface area (Å²) in [6, 6.07) is 11.4. The molecule has 6 nitrogen and oxygen atoms in total. The monoisotopic (exact) mass is 550 g/mol.